The molecule has 0 atom stereocenters. The zero-order chi connectivity index (χ0) is 10.0. The highest BCUT2D eigenvalue weighted by atomic mass is 35.5. The second kappa shape index (κ2) is 4.17. The number of esters is 1. The highest BCUT2D eigenvalue weighted by molar-refractivity contribution is 7.19. The topological polar surface area (TPSA) is 35.5 Å². The molecule has 0 N–H and O–H groups in total. The average molecular weight is 241 g/mol. The van der Waals surface area contributed by atoms with Crippen LogP contribution in [0.25, 0.3) is 0 Å². The molecule has 3 nitrogen and oxygen atoms in total. The molecule has 0 aromatic carbocycles. The molecule has 1 rings (SSSR count). The van der Waals surface area contributed by atoms with Crippen molar-refractivity contribution >= 4 is 40.5 Å². The van der Waals surface area contributed by atoms with E-state index in [1.54, 1.807) is 0 Å². The second-order valence-corrected chi connectivity index (χ2v) is 4.04. The summed E-state index contributed by atoms with van der Waals surface area (Å²) in [7, 11) is 2.69. The number of hydrogen-bond acceptors (Lipinski definition) is 4. The SMILES string of the molecule is COC(=O)c1sc(Cl)c(Cl)c1OC. The maximum atomic E-state index is 11.1. The van der Waals surface area contributed by atoms with Crippen molar-refractivity contribution in [1.82, 2.24) is 0 Å². The smallest absolute Gasteiger partial charge is 0.352 e. The number of ether oxygens (including phenoxy) is 2. The normalized spacial score (nSPS) is 9.85. The van der Waals surface area contributed by atoms with E-state index in [2.05, 4.69) is 4.74 Å². The van der Waals surface area contributed by atoms with Gasteiger partial charge >= 0.3 is 5.97 Å². The number of carbonyl (C=O) groups is 1. The van der Waals surface area contributed by atoms with E-state index >= 15 is 0 Å². The molecule has 72 valence electrons. The van der Waals surface area contributed by atoms with E-state index in [0.717, 1.165) is 11.3 Å². The molecule has 13 heavy (non-hydrogen) atoms. The maximum absolute atomic E-state index is 11.1. The molecular formula is C7H6Cl2O3S. The summed E-state index contributed by atoms with van der Waals surface area (Å²) in [6, 6.07) is 0. The van der Waals surface area contributed by atoms with E-state index in [9.17, 15) is 4.79 Å². The molecule has 1 aromatic rings. The van der Waals surface area contributed by atoms with Gasteiger partial charge in [-0.1, -0.05) is 23.2 Å². The first-order valence-corrected chi connectivity index (χ1v) is 4.79. The molecule has 0 saturated heterocycles. The van der Waals surface area contributed by atoms with Gasteiger partial charge in [0.2, 0.25) is 0 Å². The lowest BCUT2D eigenvalue weighted by molar-refractivity contribution is 0.0603. The summed E-state index contributed by atoms with van der Waals surface area (Å²) in [4.78, 5) is 11.4. The number of rotatable bonds is 2. The summed E-state index contributed by atoms with van der Waals surface area (Å²) in [6.07, 6.45) is 0. The molecule has 0 unspecified atom stereocenters. The fourth-order valence-electron chi connectivity index (χ4n) is 0.779. The fourth-order valence-corrected chi connectivity index (χ4v) is 2.25. The van der Waals surface area contributed by atoms with E-state index in [-0.39, 0.29) is 15.6 Å². The highest BCUT2D eigenvalue weighted by Crippen LogP contribution is 2.42. The predicted octanol–water partition coefficient (Wildman–Crippen LogP) is 2.85. The molecular weight excluding hydrogens is 235 g/mol. The number of carbonyl (C=O) groups excluding carboxylic acids is 1. The molecule has 0 spiro atoms. The quantitative estimate of drug-likeness (QED) is 0.747. The first-order valence-electron chi connectivity index (χ1n) is 3.22. The summed E-state index contributed by atoms with van der Waals surface area (Å²) in [5.41, 5.74) is 0. The summed E-state index contributed by atoms with van der Waals surface area (Å²) >= 11 is 12.5. The lowest BCUT2D eigenvalue weighted by Gasteiger charge is -1.99. The Morgan fingerprint density at radius 1 is 1.38 bits per heavy atom. The van der Waals surface area contributed by atoms with Gasteiger partial charge in [0.1, 0.15) is 9.36 Å². The number of methoxy groups -OCH3 is 2. The maximum Gasteiger partial charge on any atom is 0.352 e. The van der Waals surface area contributed by atoms with Gasteiger partial charge in [-0.2, -0.15) is 0 Å². The van der Waals surface area contributed by atoms with Crippen molar-refractivity contribution in [3.05, 3.63) is 14.2 Å². The van der Waals surface area contributed by atoms with Gasteiger partial charge in [-0.05, 0) is 0 Å². The van der Waals surface area contributed by atoms with Crippen molar-refractivity contribution in [2.45, 2.75) is 0 Å². The Balaban J connectivity index is 3.21. The van der Waals surface area contributed by atoms with Gasteiger partial charge in [0.05, 0.1) is 14.2 Å². The molecule has 0 amide bonds. The van der Waals surface area contributed by atoms with Crippen LogP contribution in [0.5, 0.6) is 5.75 Å². The third-order valence-corrected chi connectivity index (χ3v) is 3.27. The van der Waals surface area contributed by atoms with Crippen molar-refractivity contribution in [2.24, 2.45) is 0 Å². The van der Waals surface area contributed by atoms with Gasteiger partial charge < -0.3 is 9.47 Å². The second-order valence-electron chi connectivity index (χ2n) is 2.04. The van der Waals surface area contributed by atoms with E-state index in [4.69, 9.17) is 27.9 Å². The van der Waals surface area contributed by atoms with Crippen molar-refractivity contribution in [1.29, 1.82) is 0 Å². The number of thiophene rings is 1. The Kier molecular flexibility index (Phi) is 3.41. The average Bonchev–Trinajstić information content (AvgIpc) is 2.42. The van der Waals surface area contributed by atoms with E-state index < -0.39 is 5.97 Å². The first kappa shape index (κ1) is 10.6. The van der Waals surface area contributed by atoms with Crippen molar-refractivity contribution in [3.8, 4) is 5.75 Å². The minimum atomic E-state index is -0.504. The van der Waals surface area contributed by atoms with Crippen LogP contribution in [0.15, 0.2) is 0 Å². The monoisotopic (exact) mass is 240 g/mol. The van der Waals surface area contributed by atoms with Gasteiger partial charge in [0, 0.05) is 0 Å². The Morgan fingerprint density at radius 2 is 2.00 bits per heavy atom. The van der Waals surface area contributed by atoms with Crippen LogP contribution < -0.4 is 4.74 Å². The molecule has 1 heterocycles. The lowest BCUT2D eigenvalue weighted by Crippen LogP contribution is -2.00. The molecule has 0 radical (unpaired) electrons. The highest BCUT2D eigenvalue weighted by Gasteiger charge is 2.22. The first-order chi connectivity index (χ1) is 6.11. The minimum absolute atomic E-state index is 0.245. The lowest BCUT2D eigenvalue weighted by atomic mass is 10.4. The van der Waals surface area contributed by atoms with E-state index in [1.807, 2.05) is 0 Å². The summed E-state index contributed by atoms with van der Waals surface area (Å²) < 4.78 is 9.75. The molecule has 6 heteroatoms. The van der Waals surface area contributed by atoms with Crippen molar-refractivity contribution in [3.63, 3.8) is 0 Å². The Morgan fingerprint density at radius 3 is 2.46 bits per heavy atom. The standard InChI is InChI=1S/C7H6Cl2O3S/c1-11-4-3(8)6(9)13-5(4)7(10)12-2/h1-2H3. The largest absolute Gasteiger partial charge is 0.493 e. The van der Waals surface area contributed by atoms with Gasteiger partial charge in [-0.15, -0.1) is 11.3 Å². The summed E-state index contributed by atoms with van der Waals surface area (Å²) in [5, 5.41) is 0.245. The van der Waals surface area contributed by atoms with Gasteiger partial charge in [-0.3, -0.25) is 0 Å². The van der Waals surface area contributed by atoms with Crippen LogP contribution in [-0.2, 0) is 4.74 Å². The molecule has 0 saturated carbocycles. The van der Waals surface area contributed by atoms with Crippen LogP contribution in [0.3, 0.4) is 0 Å². The third kappa shape index (κ3) is 1.90. The van der Waals surface area contributed by atoms with Gasteiger partial charge in [0.25, 0.3) is 0 Å². The molecule has 0 aliphatic rings. The summed E-state index contributed by atoms with van der Waals surface area (Å²) in [6.45, 7) is 0. The number of hydrogen-bond donors (Lipinski definition) is 0. The Hall–Kier alpha value is -0.450. The van der Waals surface area contributed by atoms with E-state index in [0.29, 0.717) is 4.34 Å². The van der Waals surface area contributed by atoms with Gasteiger partial charge in [-0.25, -0.2) is 4.79 Å². The molecule has 0 bridgehead atoms. The molecule has 0 aliphatic carbocycles. The van der Waals surface area contributed by atoms with Crippen LogP contribution in [0.1, 0.15) is 9.67 Å². The minimum Gasteiger partial charge on any atom is -0.493 e. The fraction of sp³-hybridized carbons (Fsp3) is 0.286. The molecule has 0 fully saturated rings. The summed E-state index contributed by atoms with van der Waals surface area (Å²) in [5.74, 6) is -0.237. The van der Waals surface area contributed by atoms with Crippen LogP contribution in [0, 0.1) is 0 Å². The van der Waals surface area contributed by atoms with Crippen LogP contribution in [-0.4, -0.2) is 20.2 Å². The van der Waals surface area contributed by atoms with Crippen molar-refractivity contribution < 1.29 is 14.3 Å². The predicted molar refractivity (Wildman–Crippen MR) is 52.2 cm³/mol. The van der Waals surface area contributed by atoms with Crippen LogP contribution in [0.4, 0.5) is 0 Å². The van der Waals surface area contributed by atoms with Crippen LogP contribution in [0.2, 0.25) is 9.36 Å². The zero-order valence-electron chi connectivity index (χ0n) is 6.89. The zero-order valence-corrected chi connectivity index (χ0v) is 9.22. The van der Waals surface area contributed by atoms with E-state index in [1.165, 1.54) is 14.2 Å². The Labute approximate surface area is 89.2 Å². The molecule has 0 aliphatic heterocycles. The number of halogens is 2. The molecule has 1 aromatic heterocycles. The van der Waals surface area contributed by atoms with Gasteiger partial charge in [0.15, 0.2) is 10.6 Å². The van der Waals surface area contributed by atoms with Crippen LogP contribution >= 0.6 is 34.5 Å². The third-order valence-electron chi connectivity index (χ3n) is 1.34. The Bertz CT molecular complexity index is 335. The van der Waals surface area contributed by atoms with Crippen molar-refractivity contribution in [2.75, 3.05) is 14.2 Å².